The van der Waals surface area contributed by atoms with Gasteiger partial charge in [0.15, 0.2) is 0 Å². The van der Waals surface area contributed by atoms with Crippen LogP contribution in [0.25, 0.3) is 17.0 Å². The highest BCUT2D eigenvalue weighted by Crippen LogP contribution is 2.32. The number of rotatable bonds is 7. The van der Waals surface area contributed by atoms with Gasteiger partial charge in [-0.15, -0.1) is 0 Å². The third-order valence-electron chi connectivity index (χ3n) is 6.89. The normalized spacial score (nSPS) is 17.3. The number of ether oxygens (including phenoxy) is 1. The molecule has 7 nitrogen and oxygen atoms in total. The van der Waals surface area contributed by atoms with E-state index < -0.39 is 5.91 Å². The molecule has 178 valence electrons. The van der Waals surface area contributed by atoms with Crippen LogP contribution in [0.3, 0.4) is 0 Å². The minimum atomic E-state index is -0.528. The average Bonchev–Trinajstić information content (AvgIpc) is 3.19. The number of fused-ring (bicyclic) bond motifs is 3. The topological polar surface area (TPSA) is 70.0 Å². The number of nitrogens with one attached hydrogen (secondary N) is 1. The zero-order valence-electron chi connectivity index (χ0n) is 19.4. The average molecular weight is 461 g/mol. The molecule has 0 bridgehead atoms. The van der Waals surface area contributed by atoms with Gasteiger partial charge in [0.1, 0.15) is 0 Å². The van der Waals surface area contributed by atoms with E-state index in [9.17, 15) is 4.79 Å². The van der Waals surface area contributed by atoms with Gasteiger partial charge >= 0.3 is 0 Å². The van der Waals surface area contributed by atoms with Crippen LogP contribution in [-0.2, 0) is 35.6 Å². The van der Waals surface area contributed by atoms with E-state index in [-0.39, 0.29) is 0 Å². The van der Waals surface area contributed by atoms with E-state index in [1.807, 2.05) is 6.07 Å². The first-order chi connectivity index (χ1) is 16.7. The monoisotopic (exact) mass is 460 g/mol. The Morgan fingerprint density at radius 2 is 1.85 bits per heavy atom. The molecule has 7 heteroatoms. The molecule has 0 unspecified atom stereocenters. The van der Waals surface area contributed by atoms with Gasteiger partial charge in [0.05, 0.1) is 13.2 Å². The minimum absolute atomic E-state index is 0.528. The summed E-state index contributed by atoms with van der Waals surface area (Å²) < 4.78 is 8.02. The highest BCUT2D eigenvalue weighted by atomic mass is 16.5. The lowest BCUT2D eigenvalue weighted by Gasteiger charge is -2.29. The highest BCUT2D eigenvalue weighted by molar-refractivity contribution is 5.93. The molecule has 0 aliphatic carbocycles. The van der Waals surface area contributed by atoms with Crippen LogP contribution < -0.4 is 5.48 Å². The van der Waals surface area contributed by atoms with E-state index in [4.69, 9.17) is 9.94 Å². The lowest BCUT2D eigenvalue weighted by molar-refractivity contribution is -0.124. The van der Waals surface area contributed by atoms with E-state index in [2.05, 4.69) is 56.8 Å². The largest absolute Gasteiger partial charge is 0.379 e. The van der Waals surface area contributed by atoms with Crippen molar-refractivity contribution < 1.29 is 14.7 Å². The predicted molar refractivity (Wildman–Crippen MR) is 132 cm³/mol. The molecule has 34 heavy (non-hydrogen) atoms. The molecule has 1 amide bonds. The molecule has 2 aliphatic heterocycles. The smallest absolute Gasteiger partial charge is 0.267 e. The molecule has 5 rings (SSSR count). The van der Waals surface area contributed by atoms with Crippen molar-refractivity contribution in [1.82, 2.24) is 19.8 Å². The SMILES string of the molecule is O=C(/C=C/c1ccc2c(c1)c1c(n2CCN2CCOCC2)CCN(Cc2ccccc2)C1)NO. The van der Waals surface area contributed by atoms with Crippen LogP contribution in [0, 0.1) is 0 Å². The predicted octanol–water partition coefficient (Wildman–Crippen LogP) is 3.05. The Labute approximate surface area is 200 Å². The van der Waals surface area contributed by atoms with Gasteiger partial charge in [-0.05, 0) is 34.9 Å². The number of carbonyl (C=O) groups excluding carboxylic acids is 1. The molecule has 0 saturated carbocycles. The molecule has 0 radical (unpaired) electrons. The first-order valence-corrected chi connectivity index (χ1v) is 12.0. The van der Waals surface area contributed by atoms with E-state index >= 15 is 0 Å². The fraction of sp³-hybridized carbons (Fsp3) is 0.370. The van der Waals surface area contributed by atoms with Crippen molar-refractivity contribution in [2.75, 3.05) is 39.4 Å². The maximum Gasteiger partial charge on any atom is 0.267 e. The van der Waals surface area contributed by atoms with Crippen molar-refractivity contribution in [3.63, 3.8) is 0 Å². The number of aromatic nitrogens is 1. The summed E-state index contributed by atoms with van der Waals surface area (Å²) in [5.41, 5.74) is 8.01. The number of hydrogen-bond acceptors (Lipinski definition) is 5. The summed E-state index contributed by atoms with van der Waals surface area (Å²) >= 11 is 0. The van der Waals surface area contributed by atoms with Crippen LogP contribution in [0.4, 0.5) is 0 Å². The Hall–Kier alpha value is -2.97. The van der Waals surface area contributed by atoms with Gasteiger partial charge in [-0.1, -0.05) is 36.4 Å². The molecule has 0 atom stereocenters. The quantitative estimate of drug-likeness (QED) is 0.322. The van der Waals surface area contributed by atoms with E-state index in [1.54, 1.807) is 11.6 Å². The van der Waals surface area contributed by atoms with Gasteiger partial charge in [0.25, 0.3) is 5.91 Å². The summed E-state index contributed by atoms with van der Waals surface area (Å²) in [6.45, 7) is 8.50. The molecule has 3 aromatic rings. The van der Waals surface area contributed by atoms with Crippen molar-refractivity contribution in [1.29, 1.82) is 0 Å². The Bertz CT molecular complexity index is 1170. The van der Waals surface area contributed by atoms with Crippen LogP contribution in [-0.4, -0.2) is 64.9 Å². The maximum absolute atomic E-state index is 11.5. The Balaban J connectivity index is 1.45. The van der Waals surface area contributed by atoms with E-state index in [0.29, 0.717) is 0 Å². The number of morpholine rings is 1. The van der Waals surface area contributed by atoms with Crippen molar-refractivity contribution in [3.05, 3.63) is 77.0 Å². The zero-order valence-corrected chi connectivity index (χ0v) is 19.4. The summed E-state index contributed by atoms with van der Waals surface area (Å²) in [7, 11) is 0. The van der Waals surface area contributed by atoms with Gasteiger partial charge < -0.3 is 9.30 Å². The third kappa shape index (κ3) is 5.08. The summed E-state index contributed by atoms with van der Waals surface area (Å²) in [5.74, 6) is -0.528. The first-order valence-electron chi connectivity index (χ1n) is 12.0. The Morgan fingerprint density at radius 1 is 1.03 bits per heavy atom. The van der Waals surface area contributed by atoms with Crippen LogP contribution in [0.15, 0.2) is 54.6 Å². The Kier molecular flexibility index (Phi) is 7.06. The lowest BCUT2D eigenvalue weighted by atomic mass is 10.0. The van der Waals surface area contributed by atoms with Crippen molar-refractivity contribution in [2.45, 2.75) is 26.1 Å². The molecule has 0 spiro atoms. The number of carbonyl (C=O) groups is 1. The molecule has 2 aliphatic rings. The molecule has 3 heterocycles. The van der Waals surface area contributed by atoms with Crippen molar-refractivity contribution in [3.8, 4) is 0 Å². The van der Waals surface area contributed by atoms with Gasteiger partial charge in [-0.3, -0.25) is 19.8 Å². The molecular weight excluding hydrogens is 428 g/mol. The van der Waals surface area contributed by atoms with Gasteiger partial charge in [0, 0.05) is 74.9 Å². The van der Waals surface area contributed by atoms with Crippen molar-refractivity contribution >= 4 is 22.9 Å². The standard InChI is InChI=1S/C27H32N4O3/c32-27(28-33)9-7-21-6-8-25-23(18-21)24-20-30(19-22-4-2-1-3-5-22)11-10-26(24)31(25)13-12-29-14-16-34-17-15-29/h1-9,18,33H,10-17,19-20H2,(H,28,32)/b9-7+. The second-order valence-electron chi connectivity index (χ2n) is 9.06. The van der Waals surface area contributed by atoms with Crippen LogP contribution in [0.1, 0.15) is 22.4 Å². The summed E-state index contributed by atoms with van der Waals surface area (Å²) in [5, 5.41) is 10.0. The van der Waals surface area contributed by atoms with E-state index in [0.717, 1.165) is 71.0 Å². The number of amides is 1. The number of nitrogens with zero attached hydrogens (tertiary/aromatic N) is 3. The van der Waals surface area contributed by atoms with E-state index in [1.165, 1.54) is 33.8 Å². The molecule has 2 aromatic carbocycles. The van der Waals surface area contributed by atoms with Crippen LogP contribution in [0.5, 0.6) is 0 Å². The maximum atomic E-state index is 11.5. The fourth-order valence-corrected chi connectivity index (χ4v) is 5.13. The number of hydroxylamine groups is 1. The van der Waals surface area contributed by atoms with Gasteiger partial charge in [-0.25, -0.2) is 5.48 Å². The fourth-order valence-electron chi connectivity index (χ4n) is 5.13. The van der Waals surface area contributed by atoms with Gasteiger partial charge in [-0.2, -0.15) is 0 Å². The number of benzene rings is 2. The molecule has 1 saturated heterocycles. The van der Waals surface area contributed by atoms with Gasteiger partial charge in [0.2, 0.25) is 0 Å². The number of hydrogen-bond donors (Lipinski definition) is 2. The summed E-state index contributed by atoms with van der Waals surface area (Å²) in [6.07, 6.45) is 4.12. The van der Waals surface area contributed by atoms with Crippen LogP contribution in [0.2, 0.25) is 0 Å². The lowest BCUT2D eigenvalue weighted by Crippen LogP contribution is -2.38. The minimum Gasteiger partial charge on any atom is -0.379 e. The van der Waals surface area contributed by atoms with Crippen molar-refractivity contribution in [2.24, 2.45) is 0 Å². The second-order valence-corrected chi connectivity index (χ2v) is 9.06. The molecular formula is C27H32N4O3. The zero-order chi connectivity index (χ0) is 23.3. The van der Waals surface area contributed by atoms with Crippen LogP contribution >= 0.6 is 0 Å². The molecule has 1 aromatic heterocycles. The first kappa shape index (κ1) is 22.8. The summed E-state index contributed by atoms with van der Waals surface area (Å²) in [4.78, 5) is 16.5. The summed E-state index contributed by atoms with van der Waals surface area (Å²) in [6, 6.07) is 17.0. The third-order valence-corrected chi connectivity index (χ3v) is 6.89. The molecule has 2 N–H and O–H groups in total. The Morgan fingerprint density at radius 3 is 2.65 bits per heavy atom. The molecule has 1 fully saturated rings. The highest BCUT2D eigenvalue weighted by Gasteiger charge is 2.24. The second kappa shape index (κ2) is 10.5.